The molecule has 1 saturated heterocycles. The van der Waals surface area contributed by atoms with Gasteiger partial charge in [-0.25, -0.2) is 4.79 Å². The molecule has 2 aromatic carbocycles. The second-order valence-corrected chi connectivity index (χ2v) is 8.19. The Labute approximate surface area is 177 Å². The van der Waals surface area contributed by atoms with Crippen molar-refractivity contribution in [2.24, 2.45) is 0 Å². The van der Waals surface area contributed by atoms with E-state index in [0.29, 0.717) is 11.3 Å². The number of nitrogens with one attached hydrogen (secondary N) is 3. The Hall–Kier alpha value is -2.90. The molecule has 3 amide bonds. The van der Waals surface area contributed by atoms with Crippen LogP contribution in [0.3, 0.4) is 0 Å². The summed E-state index contributed by atoms with van der Waals surface area (Å²) in [6, 6.07) is 15.0. The van der Waals surface area contributed by atoms with Gasteiger partial charge in [-0.15, -0.1) is 0 Å². The van der Waals surface area contributed by atoms with E-state index in [9.17, 15) is 9.59 Å². The van der Waals surface area contributed by atoms with Crippen LogP contribution in [0.25, 0.3) is 0 Å². The maximum atomic E-state index is 12.7. The van der Waals surface area contributed by atoms with Gasteiger partial charge in [-0.3, -0.25) is 9.69 Å². The summed E-state index contributed by atoms with van der Waals surface area (Å²) in [6.45, 7) is 5.16. The number of urea groups is 1. The molecule has 158 valence electrons. The van der Waals surface area contributed by atoms with Gasteiger partial charge in [0.1, 0.15) is 0 Å². The zero-order valence-electron chi connectivity index (χ0n) is 17.4. The van der Waals surface area contributed by atoms with E-state index in [4.69, 9.17) is 0 Å². The summed E-state index contributed by atoms with van der Waals surface area (Å²) in [5.74, 6) is -0.196. The van der Waals surface area contributed by atoms with Gasteiger partial charge in [0.15, 0.2) is 0 Å². The van der Waals surface area contributed by atoms with Gasteiger partial charge in [0.05, 0.1) is 0 Å². The topological polar surface area (TPSA) is 76.7 Å². The minimum atomic E-state index is -0.230. The fraction of sp³-hybridized carbons (Fsp3) is 0.391. The molecule has 0 unspecified atom stereocenters. The number of likely N-dealkylation sites (N-methyl/N-ethyl adjacent to an activating group) is 1. The molecule has 7 heteroatoms. The van der Waals surface area contributed by atoms with Crippen LogP contribution in [0.1, 0.15) is 28.8 Å². The van der Waals surface area contributed by atoms with Gasteiger partial charge in [0, 0.05) is 55.7 Å². The molecule has 1 saturated carbocycles. The predicted molar refractivity (Wildman–Crippen MR) is 119 cm³/mol. The fourth-order valence-electron chi connectivity index (χ4n) is 3.53. The molecule has 2 aliphatic rings. The molecule has 0 bridgehead atoms. The Morgan fingerprint density at radius 1 is 0.933 bits per heavy atom. The molecule has 2 aromatic rings. The summed E-state index contributed by atoms with van der Waals surface area (Å²) < 4.78 is 0. The highest BCUT2D eigenvalue weighted by Crippen LogP contribution is 2.19. The second kappa shape index (κ2) is 9.28. The number of nitrogens with zero attached hydrogens (tertiary/aromatic N) is 2. The Bertz CT molecular complexity index is 904. The number of hydrogen-bond donors (Lipinski definition) is 3. The number of benzene rings is 2. The van der Waals surface area contributed by atoms with Crippen molar-refractivity contribution in [2.45, 2.75) is 25.4 Å². The van der Waals surface area contributed by atoms with E-state index in [1.165, 1.54) is 5.56 Å². The first-order chi connectivity index (χ1) is 14.5. The van der Waals surface area contributed by atoms with Crippen LogP contribution in [-0.4, -0.2) is 61.0 Å². The number of carbonyl (C=O) groups is 2. The van der Waals surface area contributed by atoms with Gasteiger partial charge in [-0.2, -0.15) is 0 Å². The van der Waals surface area contributed by atoms with E-state index in [0.717, 1.165) is 51.3 Å². The maximum absolute atomic E-state index is 12.7. The summed E-state index contributed by atoms with van der Waals surface area (Å²) in [7, 11) is 2.15. The van der Waals surface area contributed by atoms with Gasteiger partial charge in [0.25, 0.3) is 5.91 Å². The fourth-order valence-corrected chi connectivity index (χ4v) is 3.53. The van der Waals surface area contributed by atoms with Crippen LogP contribution < -0.4 is 16.0 Å². The van der Waals surface area contributed by atoms with E-state index in [-0.39, 0.29) is 18.0 Å². The lowest BCUT2D eigenvalue weighted by Crippen LogP contribution is -2.43. The molecule has 3 N–H and O–H groups in total. The highest BCUT2D eigenvalue weighted by Gasteiger charge is 2.23. The molecule has 1 heterocycles. The van der Waals surface area contributed by atoms with E-state index < -0.39 is 0 Å². The number of piperazine rings is 1. The number of hydrogen-bond acceptors (Lipinski definition) is 4. The first kappa shape index (κ1) is 20.4. The van der Waals surface area contributed by atoms with E-state index in [1.807, 2.05) is 18.2 Å². The van der Waals surface area contributed by atoms with Crippen molar-refractivity contribution >= 4 is 23.3 Å². The minimum absolute atomic E-state index is 0.196. The third kappa shape index (κ3) is 5.81. The predicted octanol–water partition coefficient (Wildman–Crippen LogP) is 2.97. The molecule has 30 heavy (non-hydrogen) atoms. The monoisotopic (exact) mass is 407 g/mol. The largest absolute Gasteiger partial charge is 0.335 e. The Morgan fingerprint density at radius 3 is 2.37 bits per heavy atom. The molecule has 4 rings (SSSR count). The van der Waals surface area contributed by atoms with Crippen LogP contribution in [0.2, 0.25) is 0 Å². The lowest BCUT2D eigenvalue weighted by molar-refractivity contribution is 0.102. The molecule has 0 atom stereocenters. The number of anilines is 2. The Balaban J connectivity index is 1.35. The van der Waals surface area contributed by atoms with Gasteiger partial charge >= 0.3 is 6.03 Å². The maximum Gasteiger partial charge on any atom is 0.319 e. The van der Waals surface area contributed by atoms with Crippen molar-refractivity contribution in [2.75, 3.05) is 43.9 Å². The summed E-state index contributed by atoms with van der Waals surface area (Å²) in [4.78, 5) is 29.4. The quantitative estimate of drug-likeness (QED) is 0.688. The van der Waals surface area contributed by atoms with Crippen LogP contribution >= 0.6 is 0 Å². The first-order valence-electron chi connectivity index (χ1n) is 10.5. The molecule has 0 radical (unpaired) electrons. The van der Waals surface area contributed by atoms with Crippen molar-refractivity contribution in [1.29, 1.82) is 0 Å². The summed E-state index contributed by atoms with van der Waals surface area (Å²) in [5.41, 5.74) is 3.06. The van der Waals surface area contributed by atoms with Gasteiger partial charge in [-0.1, -0.05) is 18.2 Å². The van der Waals surface area contributed by atoms with Crippen molar-refractivity contribution in [3.8, 4) is 0 Å². The summed E-state index contributed by atoms with van der Waals surface area (Å²) in [6.07, 6.45) is 2.06. The van der Waals surface area contributed by atoms with Crippen molar-refractivity contribution in [1.82, 2.24) is 15.1 Å². The van der Waals surface area contributed by atoms with Crippen LogP contribution in [-0.2, 0) is 6.54 Å². The second-order valence-electron chi connectivity index (χ2n) is 8.19. The SMILES string of the molecule is CN1CCN(Cc2cccc(NC(=O)c3cccc(NC(=O)NC4CC4)c3)c2)CC1. The van der Waals surface area contributed by atoms with Crippen LogP contribution in [0.4, 0.5) is 16.2 Å². The highest BCUT2D eigenvalue weighted by atomic mass is 16.2. The molecule has 7 nitrogen and oxygen atoms in total. The first-order valence-corrected chi connectivity index (χ1v) is 10.5. The zero-order valence-corrected chi connectivity index (χ0v) is 17.4. The summed E-state index contributed by atoms with van der Waals surface area (Å²) >= 11 is 0. The molecule has 1 aliphatic heterocycles. The van der Waals surface area contributed by atoms with Crippen LogP contribution in [0.5, 0.6) is 0 Å². The van der Waals surface area contributed by atoms with Crippen molar-refractivity contribution in [3.63, 3.8) is 0 Å². The van der Waals surface area contributed by atoms with Crippen molar-refractivity contribution in [3.05, 3.63) is 59.7 Å². The average molecular weight is 408 g/mol. The smallest absolute Gasteiger partial charge is 0.319 e. The lowest BCUT2D eigenvalue weighted by atomic mass is 10.1. The highest BCUT2D eigenvalue weighted by molar-refractivity contribution is 6.05. The zero-order chi connectivity index (χ0) is 20.9. The van der Waals surface area contributed by atoms with Gasteiger partial charge in [0.2, 0.25) is 0 Å². The third-order valence-electron chi connectivity index (χ3n) is 5.48. The average Bonchev–Trinajstić information content (AvgIpc) is 3.54. The van der Waals surface area contributed by atoms with E-state index in [2.05, 4.69) is 38.9 Å². The molecular formula is C23H29N5O2. The molecule has 2 fully saturated rings. The van der Waals surface area contributed by atoms with E-state index >= 15 is 0 Å². The standard InChI is InChI=1S/C23H29N5O2/c1-27-10-12-28(13-11-27)16-17-4-2-6-20(14-17)24-22(29)18-5-3-7-21(15-18)26-23(30)25-19-8-9-19/h2-7,14-15,19H,8-13,16H2,1H3,(H,24,29)(H2,25,26,30). The Kier molecular flexibility index (Phi) is 6.30. The Morgan fingerprint density at radius 2 is 1.63 bits per heavy atom. The van der Waals surface area contributed by atoms with Gasteiger partial charge in [-0.05, 0) is 55.8 Å². The third-order valence-corrected chi connectivity index (χ3v) is 5.48. The summed E-state index contributed by atoms with van der Waals surface area (Å²) in [5, 5.41) is 8.64. The van der Waals surface area contributed by atoms with Crippen LogP contribution in [0, 0.1) is 0 Å². The number of rotatable bonds is 6. The molecule has 0 aromatic heterocycles. The molecular weight excluding hydrogens is 378 g/mol. The van der Waals surface area contributed by atoms with Gasteiger partial charge < -0.3 is 20.9 Å². The van der Waals surface area contributed by atoms with Crippen LogP contribution in [0.15, 0.2) is 48.5 Å². The number of amides is 3. The van der Waals surface area contributed by atoms with E-state index in [1.54, 1.807) is 24.3 Å². The normalized spacial score (nSPS) is 17.4. The van der Waals surface area contributed by atoms with Crippen molar-refractivity contribution < 1.29 is 9.59 Å². The molecule has 1 aliphatic carbocycles. The number of carbonyl (C=O) groups excluding carboxylic acids is 2. The lowest BCUT2D eigenvalue weighted by Gasteiger charge is -2.32. The minimum Gasteiger partial charge on any atom is -0.335 e. The molecule has 0 spiro atoms.